The average Bonchev–Trinajstić information content (AvgIpc) is 3.39. The number of nitrogen functional groups attached to an aromatic ring is 1. The van der Waals surface area contributed by atoms with Gasteiger partial charge in [-0.25, -0.2) is 22.8 Å². The largest absolute Gasteiger partial charge is 0.482 e. The highest BCUT2D eigenvalue weighted by atomic mass is 19.3. The number of rotatable bonds is 2. The number of ether oxygens (including phenoxy) is 1. The van der Waals surface area contributed by atoms with Gasteiger partial charge >= 0.3 is 0 Å². The number of alkyl halides is 2. The van der Waals surface area contributed by atoms with Crippen LogP contribution in [0.25, 0.3) is 16.9 Å². The number of hydrogen-bond acceptors (Lipinski definition) is 5. The van der Waals surface area contributed by atoms with Crippen molar-refractivity contribution in [3.8, 4) is 22.7 Å². The molecule has 170 valence electrons. The van der Waals surface area contributed by atoms with E-state index >= 15 is 0 Å². The quantitative estimate of drug-likeness (QED) is 0.468. The number of fused-ring (bicyclic) bond motifs is 7. The molecular weight excluding hydrogens is 433 g/mol. The second-order valence-electron chi connectivity index (χ2n) is 7.85. The molecule has 7 nitrogen and oxygen atoms in total. The Balaban J connectivity index is 1.81. The van der Waals surface area contributed by atoms with Crippen LogP contribution in [0.15, 0.2) is 42.7 Å². The first-order valence-electron chi connectivity index (χ1n) is 10.5. The Hall–Kier alpha value is -3.82. The standard InChI is InChI=1S/C23H21F3N6O/c1-3-31-21-13(11-29-31)6-16-9-18(22(25)26)30-32(16)19-5-4-15(24)8-17(19)12(2)33-20-7-14(21)10-28-23(20)27/h4-5,7-12,22H,3,6H2,1-2H3,(H2,27,28)/t12-/m1/s1. The number of nitrogens with two attached hydrogens (primary N) is 1. The monoisotopic (exact) mass is 454 g/mol. The van der Waals surface area contributed by atoms with Gasteiger partial charge in [0, 0.05) is 41.5 Å². The zero-order valence-electron chi connectivity index (χ0n) is 18.0. The minimum absolute atomic E-state index is 0.185. The van der Waals surface area contributed by atoms with Gasteiger partial charge in [-0.3, -0.25) is 4.68 Å². The Morgan fingerprint density at radius 3 is 2.79 bits per heavy atom. The summed E-state index contributed by atoms with van der Waals surface area (Å²) < 4.78 is 50.8. The number of anilines is 1. The second-order valence-corrected chi connectivity index (χ2v) is 7.85. The van der Waals surface area contributed by atoms with Crippen LogP contribution < -0.4 is 10.5 Å². The summed E-state index contributed by atoms with van der Waals surface area (Å²) in [5.74, 6) is 0.0366. The topological polar surface area (TPSA) is 83.8 Å². The molecule has 0 saturated carbocycles. The summed E-state index contributed by atoms with van der Waals surface area (Å²) in [6.07, 6.45) is 0.184. The molecule has 4 aromatic rings. The Labute approximate surface area is 187 Å². The Morgan fingerprint density at radius 1 is 1.21 bits per heavy atom. The molecular formula is C23H21F3N6O. The van der Waals surface area contributed by atoms with Crippen molar-refractivity contribution in [3.05, 3.63) is 71.1 Å². The van der Waals surface area contributed by atoms with Gasteiger partial charge in [-0.05, 0) is 44.2 Å². The highest BCUT2D eigenvalue weighted by Gasteiger charge is 2.25. The predicted octanol–water partition coefficient (Wildman–Crippen LogP) is 4.85. The van der Waals surface area contributed by atoms with Gasteiger partial charge in [0.2, 0.25) is 0 Å². The van der Waals surface area contributed by atoms with E-state index in [0.29, 0.717) is 29.2 Å². The highest BCUT2D eigenvalue weighted by Crippen LogP contribution is 2.36. The minimum Gasteiger partial charge on any atom is -0.482 e. The first kappa shape index (κ1) is 21.0. The summed E-state index contributed by atoms with van der Waals surface area (Å²) >= 11 is 0. The van der Waals surface area contributed by atoms with Gasteiger partial charge in [0.15, 0.2) is 11.6 Å². The van der Waals surface area contributed by atoms with Gasteiger partial charge in [-0.15, -0.1) is 0 Å². The number of hydrogen-bond donors (Lipinski definition) is 1. The fourth-order valence-electron chi connectivity index (χ4n) is 4.18. The van der Waals surface area contributed by atoms with E-state index in [4.69, 9.17) is 10.5 Å². The molecule has 0 saturated heterocycles. The van der Waals surface area contributed by atoms with Gasteiger partial charge in [0.1, 0.15) is 17.6 Å². The molecule has 4 heterocycles. The third-order valence-corrected chi connectivity index (χ3v) is 5.73. The molecule has 0 radical (unpaired) electrons. The van der Waals surface area contributed by atoms with E-state index in [-0.39, 0.29) is 17.9 Å². The number of benzene rings is 1. The fourth-order valence-corrected chi connectivity index (χ4v) is 4.18. The van der Waals surface area contributed by atoms with Crippen LogP contribution in [0, 0.1) is 5.82 Å². The molecule has 1 aromatic carbocycles. The first-order valence-corrected chi connectivity index (χ1v) is 10.5. The van der Waals surface area contributed by atoms with E-state index < -0.39 is 18.3 Å². The van der Waals surface area contributed by atoms with E-state index in [1.54, 1.807) is 30.1 Å². The fraction of sp³-hybridized carbons (Fsp3) is 0.261. The van der Waals surface area contributed by atoms with Crippen molar-refractivity contribution in [1.82, 2.24) is 24.5 Å². The van der Waals surface area contributed by atoms with Gasteiger partial charge in [-0.2, -0.15) is 10.2 Å². The van der Waals surface area contributed by atoms with Crippen LogP contribution in [-0.4, -0.2) is 24.5 Å². The third kappa shape index (κ3) is 3.61. The molecule has 1 atom stereocenters. The third-order valence-electron chi connectivity index (χ3n) is 5.73. The van der Waals surface area contributed by atoms with Crippen molar-refractivity contribution in [3.63, 3.8) is 0 Å². The number of halogens is 3. The smallest absolute Gasteiger partial charge is 0.282 e. The summed E-state index contributed by atoms with van der Waals surface area (Å²) in [6, 6.07) is 7.23. The highest BCUT2D eigenvalue weighted by molar-refractivity contribution is 5.68. The Kier molecular flexibility index (Phi) is 5.07. The summed E-state index contributed by atoms with van der Waals surface area (Å²) in [6.45, 7) is 4.28. The lowest BCUT2D eigenvalue weighted by atomic mass is 10.0. The predicted molar refractivity (Wildman–Crippen MR) is 116 cm³/mol. The molecule has 0 fully saturated rings. The van der Waals surface area contributed by atoms with E-state index in [2.05, 4.69) is 15.2 Å². The molecule has 0 unspecified atom stereocenters. The number of aryl methyl sites for hydroxylation is 1. The van der Waals surface area contributed by atoms with Gasteiger partial charge in [0.25, 0.3) is 6.43 Å². The maximum absolute atomic E-state index is 14.2. The van der Waals surface area contributed by atoms with Crippen molar-refractivity contribution in [2.75, 3.05) is 5.73 Å². The van der Waals surface area contributed by atoms with Crippen molar-refractivity contribution >= 4 is 5.82 Å². The lowest BCUT2D eigenvalue weighted by Crippen LogP contribution is -2.13. The van der Waals surface area contributed by atoms with Crippen molar-refractivity contribution in [1.29, 1.82) is 0 Å². The number of pyridine rings is 1. The normalized spacial score (nSPS) is 15.2. The van der Waals surface area contributed by atoms with Crippen molar-refractivity contribution in [2.45, 2.75) is 39.3 Å². The molecule has 0 aliphatic carbocycles. The van der Waals surface area contributed by atoms with Crippen molar-refractivity contribution in [2.24, 2.45) is 0 Å². The number of aromatic nitrogens is 5. The lowest BCUT2D eigenvalue weighted by Gasteiger charge is -2.22. The molecule has 3 aromatic heterocycles. The van der Waals surface area contributed by atoms with Crippen LogP contribution >= 0.6 is 0 Å². The Bertz CT molecular complexity index is 1350. The molecule has 1 aliphatic heterocycles. The number of nitrogens with zero attached hydrogens (tertiary/aromatic N) is 5. The van der Waals surface area contributed by atoms with Crippen LogP contribution in [0.3, 0.4) is 0 Å². The summed E-state index contributed by atoms with van der Waals surface area (Å²) in [7, 11) is 0. The van der Waals surface area contributed by atoms with Crippen LogP contribution in [-0.2, 0) is 13.0 Å². The van der Waals surface area contributed by atoms with Crippen LogP contribution in [0.5, 0.6) is 5.75 Å². The maximum Gasteiger partial charge on any atom is 0.282 e. The zero-order chi connectivity index (χ0) is 23.3. The van der Waals surface area contributed by atoms with Crippen LogP contribution in [0.2, 0.25) is 0 Å². The Morgan fingerprint density at radius 2 is 2.03 bits per heavy atom. The molecule has 1 aliphatic rings. The van der Waals surface area contributed by atoms with E-state index in [9.17, 15) is 13.2 Å². The SMILES string of the molecule is CCn1ncc2c1-c1cnc(N)c(c1)O[C@H](C)c1cc(F)ccc1-n1nc(C(F)F)cc1C2. The lowest BCUT2D eigenvalue weighted by molar-refractivity contribution is 0.145. The molecule has 0 amide bonds. The van der Waals surface area contributed by atoms with Crippen LogP contribution in [0.1, 0.15) is 48.9 Å². The summed E-state index contributed by atoms with van der Waals surface area (Å²) in [5.41, 5.74) is 9.42. The van der Waals surface area contributed by atoms with E-state index in [1.807, 2.05) is 6.92 Å². The molecule has 5 rings (SSSR count). The van der Waals surface area contributed by atoms with Gasteiger partial charge in [0.05, 0.1) is 17.6 Å². The minimum atomic E-state index is -2.75. The van der Waals surface area contributed by atoms with Gasteiger partial charge in [-0.1, -0.05) is 0 Å². The second kappa shape index (κ2) is 7.95. The van der Waals surface area contributed by atoms with Crippen molar-refractivity contribution < 1.29 is 17.9 Å². The van der Waals surface area contributed by atoms with E-state index in [1.165, 1.54) is 28.9 Å². The van der Waals surface area contributed by atoms with E-state index in [0.717, 1.165) is 16.8 Å². The first-order chi connectivity index (χ1) is 15.9. The zero-order valence-corrected chi connectivity index (χ0v) is 18.0. The average molecular weight is 454 g/mol. The molecule has 33 heavy (non-hydrogen) atoms. The van der Waals surface area contributed by atoms with Gasteiger partial charge < -0.3 is 10.5 Å². The molecule has 10 heteroatoms. The summed E-state index contributed by atoms with van der Waals surface area (Å²) in [4.78, 5) is 4.28. The molecule has 2 bridgehead atoms. The summed E-state index contributed by atoms with van der Waals surface area (Å²) in [5, 5.41) is 8.61. The van der Waals surface area contributed by atoms with Crippen LogP contribution in [0.4, 0.5) is 19.0 Å². The maximum atomic E-state index is 14.2. The molecule has 0 spiro atoms. The molecule has 2 N–H and O–H groups in total.